The molecule has 2 aliphatic heterocycles. The zero-order valence-electron chi connectivity index (χ0n) is 35.5. The van der Waals surface area contributed by atoms with Gasteiger partial charge in [-0.3, -0.25) is 19.2 Å². The SMILES string of the molecule is CC1C2=C(CC(C)(C)CC2=O)N(Cc2ccccc2)C2=C1C(=O)CC(C)(C)C2.CC1C2=C(CC(C)(C)CC2=O)N(Cc2ccccc2)C2=C1C(=O)CC(C)(C)C2. The molecule has 0 amide bonds. The van der Waals surface area contributed by atoms with Crippen molar-refractivity contribution in [3.8, 4) is 0 Å². The van der Waals surface area contributed by atoms with Crippen LogP contribution in [0.5, 0.6) is 0 Å². The number of Topliss-reactive ketones (excluding diaryl/α,β-unsaturated/α-hetero) is 4. The van der Waals surface area contributed by atoms with Gasteiger partial charge in [0.1, 0.15) is 0 Å². The minimum atomic E-state index is -0.0794. The molecule has 0 fully saturated rings. The maximum atomic E-state index is 13.1. The Balaban J connectivity index is 0.000000172. The van der Waals surface area contributed by atoms with Crippen molar-refractivity contribution in [1.29, 1.82) is 0 Å². The van der Waals surface area contributed by atoms with Crippen molar-refractivity contribution in [2.24, 2.45) is 33.5 Å². The minimum Gasteiger partial charge on any atom is -0.343 e. The lowest BCUT2D eigenvalue weighted by Crippen LogP contribution is -2.44. The first kappa shape index (κ1) is 39.9. The van der Waals surface area contributed by atoms with E-state index in [9.17, 15) is 19.2 Å². The molecule has 2 aromatic carbocycles. The summed E-state index contributed by atoms with van der Waals surface area (Å²) in [6.45, 7) is 23.0. The van der Waals surface area contributed by atoms with Gasteiger partial charge in [0.25, 0.3) is 0 Å². The van der Waals surface area contributed by atoms with Gasteiger partial charge in [-0.25, -0.2) is 0 Å². The van der Waals surface area contributed by atoms with Crippen LogP contribution in [0.2, 0.25) is 0 Å². The molecule has 6 nitrogen and oxygen atoms in total. The smallest absolute Gasteiger partial charge is 0.161 e. The number of carbonyl (C=O) groups excluding carboxylic acids is 4. The van der Waals surface area contributed by atoms with Crippen LogP contribution >= 0.6 is 0 Å². The van der Waals surface area contributed by atoms with E-state index in [0.29, 0.717) is 25.7 Å². The lowest BCUT2D eigenvalue weighted by atomic mass is 9.65. The Kier molecular flexibility index (Phi) is 10.2. The Morgan fingerprint density at radius 2 is 0.643 bits per heavy atom. The molecular weight excluding hydrogens is 693 g/mol. The fraction of sp³-hybridized carbons (Fsp3) is 0.520. The van der Waals surface area contributed by atoms with Gasteiger partial charge in [-0.05, 0) is 58.5 Å². The first-order valence-electron chi connectivity index (χ1n) is 20.8. The van der Waals surface area contributed by atoms with E-state index in [1.54, 1.807) is 0 Å². The molecule has 8 rings (SSSR count). The lowest BCUT2D eigenvalue weighted by Gasteiger charge is -2.48. The highest BCUT2D eigenvalue weighted by Crippen LogP contribution is 2.53. The summed E-state index contributed by atoms with van der Waals surface area (Å²) in [4.78, 5) is 57.2. The van der Waals surface area contributed by atoms with Crippen LogP contribution in [0, 0.1) is 33.5 Å². The summed E-state index contributed by atoms with van der Waals surface area (Å²) in [6.07, 6.45) is 5.81. The number of carbonyl (C=O) groups is 4. The molecule has 56 heavy (non-hydrogen) atoms. The normalized spacial score (nSPS) is 24.4. The summed E-state index contributed by atoms with van der Waals surface area (Å²) in [5.41, 5.74) is 10.4. The minimum absolute atomic E-state index is 0.0448. The Hall–Kier alpha value is -4.32. The molecule has 0 saturated carbocycles. The second kappa shape index (κ2) is 14.3. The number of benzene rings is 2. The van der Waals surface area contributed by atoms with E-state index < -0.39 is 0 Å². The van der Waals surface area contributed by atoms with E-state index in [4.69, 9.17) is 0 Å². The van der Waals surface area contributed by atoms with Gasteiger partial charge < -0.3 is 9.80 Å². The van der Waals surface area contributed by atoms with E-state index in [1.807, 2.05) is 12.1 Å². The van der Waals surface area contributed by atoms with Gasteiger partial charge >= 0.3 is 0 Å². The number of hydrogen-bond acceptors (Lipinski definition) is 6. The number of allylic oxidation sites excluding steroid dienone is 8. The van der Waals surface area contributed by atoms with Crippen LogP contribution in [0.1, 0.15) is 132 Å². The predicted octanol–water partition coefficient (Wildman–Crippen LogP) is 10.8. The van der Waals surface area contributed by atoms with E-state index in [0.717, 1.165) is 83.9 Å². The molecule has 0 spiro atoms. The van der Waals surface area contributed by atoms with E-state index >= 15 is 0 Å². The van der Waals surface area contributed by atoms with Crippen LogP contribution < -0.4 is 0 Å². The molecule has 6 heteroatoms. The van der Waals surface area contributed by atoms with Gasteiger partial charge in [0.05, 0.1) is 0 Å². The number of ketones is 4. The van der Waals surface area contributed by atoms with Crippen molar-refractivity contribution in [2.45, 2.75) is 134 Å². The molecule has 0 bridgehead atoms. The topological polar surface area (TPSA) is 74.8 Å². The fourth-order valence-electron chi connectivity index (χ4n) is 10.7. The standard InChI is InChI=1S/2C25H31NO2/c2*1-16-22-18(11-24(2,3)13-20(22)27)26(15-17-9-7-6-8-10-17)19-12-25(4,5)14-21(28)23(16)19/h2*6-10,16H,11-15H2,1-5H3. The Morgan fingerprint density at radius 3 is 0.875 bits per heavy atom. The average molecular weight is 755 g/mol. The highest BCUT2D eigenvalue weighted by atomic mass is 16.1. The summed E-state index contributed by atoms with van der Waals surface area (Å²) in [5.74, 6) is 0.734. The Bertz CT molecular complexity index is 1850. The molecule has 296 valence electrons. The zero-order valence-corrected chi connectivity index (χ0v) is 35.5. The maximum absolute atomic E-state index is 13.1. The Labute approximate surface area is 335 Å². The molecule has 0 saturated heterocycles. The number of hydrogen-bond donors (Lipinski definition) is 0. The first-order chi connectivity index (χ1) is 26.2. The first-order valence-corrected chi connectivity index (χ1v) is 20.8. The van der Waals surface area contributed by atoms with Gasteiger partial charge in [-0.15, -0.1) is 0 Å². The Morgan fingerprint density at radius 1 is 0.411 bits per heavy atom. The molecule has 0 N–H and O–H groups in total. The van der Waals surface area contributed by atoms with Gasteiger partial charge in [-0.2, -0.15) is 0 Å². The van der Waals surface area contributed by atoms with E-state index in [1.165, 1.54) is 11.1 Å². The predicted molar refractivity (Wildman–Crippen MR) is 222 cm³/mol. The highest BCUT2D eigenvalue weighted by molar-refractivity contribution is 6.06. The van der Waals surface area contributed by atoms with Crippen LogP contribution in [-0.2, 0) is 32.3 Å². The largest absolute Gasteiger partial charge is 0.343 e. The van der Waals surface area contributed by atoms with Crippen molar-refractivity contribution in [2.75, 3.05) is 0 Å². The van der Waals surface area contributed by atoms with Gasteiger partial charge in [-0.1, -0.05) is 130 Å². The van der Waals surface area contributed by atoms with Crippen LogP contribution in [0.3, 0.4) is 0 Å². The molecule has 6 aliphatic rings. The third-order valence-corrected chi connectivity index (χ3v) is 13.0. The van der Waals surface area contributed by atoms with Crippen molar-refractivity contribution in [1.82, 2.24) is 9.80 Å². The van der Waals surface area contributed by atoms with Gasteiger partial charge in [0.15, 0.2) is 23.1 Å². The second-order valence-corrected chi connectivity index (χ2v) is 20.8. The molecule has 2 aromatic rings. The summed E-state index contributed by atoms with van der Waals surface area (Å²) >= 11 is 0. The monoisotopic (exact) mass is 754 g/mol. The molecule has 4 aliphatic carbocycles. The molecule has 0 atom stereocenters. The van der Waals surface area contributed by atoms with Gasteiger partial charge in [0.2, 0.25) is 0 Å². The number of nitrogens with zero attached hydrogens (tertiary/aromatic N) is 2. The fourth-order valence-corrected chi connectivity index (χ4v) is 10.7. The summed E-state index contributed by atoms with van der Waals surface area (Å²) < 4.78 is 0. The van der Waals surface area contributed by atoms with Gasteiger partial charge in [0, 0.05) is 95.7 Å². The summed E-state index contributed by atoms with van der Waals surface area (Å²) in [5, 5.41) is 0. The summed E-state index contributed by atoms with van der Waals surface area (Å²) in [7, 11) is 0. The van der Waals surface area contributed by atoms with Crippen LogP contribution in [0.25, 0.3) is 0 Å². The van der Waals surface area contributed by atoms with E-state index in [-0.39, 0.29) is 56.6 Å². The average Bonchev–Trinajstić information content (AvgIpc) is 3.06. The van der Waals surface area contributed by atoms with Crippen LogP contribution in [0.15, 0.2) is 106 Å². The molecular formula is C50H62N2O4. The van der Waals surface area contributed by atoms with E-state index in [2.05, 4.69) is 128 Å². The summed E-state index contributed by atoms with van der Waals surface area (Å²) in [6, 6.07) is 20.8. The number of rotatable bonds is 4. The van der Waals surface area contributed by atoms with Crippen molar-refractivity contribution < 1.29 is 19.2 Å². The molecule has 0 unspecified atom stereocenters. The van der Waals surface area contributed by atoms with Crippen molar-refractivity contribution >= 4 is 23.1 Å². The quantitative estimate of drug-likeness (QED) is 0.309. The molecule has 0 aromatic heterocycles. The highest BCUT2D eigenvalue weighted by Gasteiger charge is 2.49. The third kappa shape index (κ3) is 7.70. The van der Waals surface area contributed by atoms with Crippen LogP contribution in [0.4, 0.5) is 0 Å². The van der Waals surface area contributed by atoms with Crippen molar-refractivity contribution in [3.63, 3.8) is 0 Å². The zero-order chi connectivity index (χ0) is 40.5. The van der Waals surface area contributed by atoms with Crippen LogP contribution in [-0.4, -0.2) is 32.9 Å². The second-order valence-electron chi connectivity index (χ2n) is 20.8. The van der Waals surface area contributed by atoms with Crippen molar-refractivity contribution in [3.05, 3.63) is 117 Å². The molecule has 2 heterocycles. The lowest BCUT2D eigenvalue weighted by molar-refractivity contribution is -0.121. The maximum Gasteiger partial charge on any atom is 0.161 e. The third-order valence-electron chi connectivity index (χ3n) is 13.0. The molecule has 0 radical (unpaired) electrons.